The molecule has 0 bridgehead atoms. The van der Waals surface area contributed by atoms with Crippen LogP contribution in [0.5, 0.6) is 0 Å². The van der Waals surface area contributed by atoms with Gasteiger partial charge in [0.1, 0.15) is 5.82 Å². The zero-order valence-corrected chi connectivity index (χ0v) is 12.4. The maximum absolute atomic E-state index is 14.2. The first-order valence-electron chi connectivity index (χ1n) is 7.54. The Labute approximate surface area is 120 Å². The van der Waals surface area contributed by atoms with E-state index in [-0.39, 0.29) is 17.8 Å². The SMILES string of the molecule is CCCNCc1cccc(F)c1N1CCC(O)C(C)C1. The molecule has 1 saturated heterocycles. The van der Waals surface area contributed by atoms with E-state index in [1.165, 1.54) is 6.07 Å². The number of rotatable bonds is 5. The fourth-order valence-electron chi connectivity index (χ4n) is 2.79. The van der Waals surface area contributed by atoms with E-state index in [1.807, 2.05) is 13.0 Å². The molecule has 3 nitrogen and oxygen atoms in total. The van der Waals surface area contributed by atoms with Gasteiger partial charge in [-0.3, -0.25) is 0 Å². The summed E-state index contributed by atoms with van der Waals surface area (Å²) in [5, 5.41) is 13.2. The normalized spacial score (nSPS) is 23.1. The van der Waals surface area contributed by atoms with Gasteiger partial charge in [-0.1, -0.05) is 26.0 Å². The molecular formula is C16H25FN2O. The van der Waals surface area contributed by atoms with Crippen molar-refractivity contribution in [2.75, 3.05) is 24.5 Å². The summed E-state index contributed by atoms with van der Waals surface area (Å²) in [6.45, 7) is 7.19. The second-order valence-corrected chi connectivity index (χ2v) is 5.70. The third-order valence-electron chi connectivity index (χ3n) is 3.99. The molecule has 4 heteroatoms. The van der Waals surface area contributed by atoms with Crippen LogP contribution in [0.2, 0.25) is 0 Å². The quantitative estimate of drug-likeness (QED) is 0.814. The molecular weight excluding hydrogens is 255 g/mol. The summed E-state index contributed by atoms with van der Waals surface area (Å²) in [7, 11) is 0. The largest absolute Gasteiger partial charge is 0.393 e. The highest BCUT2D eigenvalue weighted by molar-refractivity contribution is 5.55. The van der Waals surface area contributed by atoms with Gasteiger partial charge >= 0.3 is 0 Å². The van der Waals surface area contributed by atoms with Gasteiger partial charge in [0.05, 0.1) is 11.8 Å². The lowest BCUT2D eigenvalue weighted by molar-refractivity contribution is 0.0968. The first-order valence-corrected chi connectivity index (χ1v) is 7.54. The molecule has 1 aromatic rings. The Balaban J connectivity index is 2.16. The number of aliphatic hydroxyl groups excluding tert-OH is 1. The Kier molecular flexibility index (Phi) is 5.38. The van der Waals surface area contributed by atoms with Crippen LogP contribution in [0.4, 0.5) is 10.1 Å². The molecule has 1 aliphatic rings. The second kappa shape index (κ2) is 7.04. The highest BCUT2D eigenvalue weighted by Crippen LogP contribution is 2.29. The minimum Gasteiger partial charge on any atom is -0.393 e. The lowest BCUT2D eigenvalue weighted by Crippen LogP contribution is -2.42. The van der Waals surface area contributed by atoms with Crippen LogP contribution in [0.25, 0.3) is 0 Å². The summed E-state index contributed by atoms with van der Waals surface area (Å²) >= 11 is 0. The topological polar surface area (TPSA) is 35.5 Å². The zero-order chi connectivity index (χ0) is 14.5. The standard InChI is InChI=1S/C16H25FN2O/c1-3-8-18-10-13-5-4-6-14(17)16(13)19-9-7-15(20)12(2)11-19/h4-6,12,15,18,20H,3,7-11H2,1-2H3. The molecule has 112 valence electrons. The number of nitrogens with one attached hydrogen (secondary N) is 1. The van der Waals surface area contributed by atoms with Crippen molar-refractivity contribution in [3.05, 3.63) is 29.6 Å². The number of benzene rings is 1. The number of aliphatic hydroxyl groups is 1. The van der Waals surface area contributed by atoms with E-state index >= 15 is 0 Å². The molecule has 0 aromatic heterocycles. The number of hydrogen-bond acceptors (Lipinski definition) is 3. The van der Waals surface area contributed by atoms with Crippen LogP contribution in [0.15, 0.2) is 18.2 Å². The van der Waals surface area contributed by atoms with Crippen molar-refractivity contribution >= 4 is 5.69 Å². The number of piperidine rings is 1. The Morgan fingerprint density at radius 1 is 1.45 bits per heavy atom. The van der Waals surface area contributed by atoms with Gasteiger partial charge in [-0.15, -0.1) is 0 Å². The van der Waals surface area contributed by atoms with E-state index < -0.39 is 0 Å². The number of halogens is 1. The highest BCUT2D eigenvalue weighted by Gasteiger charge is 2.27. The van der Waals surface area contributed by atoms with Gasteiger partial charge in [-0.2, -0.15) is 0 Å². The number of para-hydroxylation sites is 1. The summed E-state index contributed by atoms with van der Waals surface area (Å²) in [6, 6.07) is 5.27. The number of nitrogens with zero attached hydrogens (tertiary/aromatic N) is 1. The maximum atomic E-state index is 14.2. The third-order valence-corrected chi connectivity index (χ3v) is 3.99. The van der Waals surface area contributed by atoms with E-state index in [2.05, 4.69) is 17.1 Å². The first kappa shape index (κ1) is 15.3. The molecule has 1 fully saturated rings. The summed E-state index contributed by atoms with van der Waals surface area (Å²) in [5.74, 6) is 0.0178. The van der Waals surface area contributed by atoms with E-state index in [0.717, 1.165) is 18.5 Å². The van der Waals surface area contributed by atoms with Crippen LogP contribution < -0.4 is 10.2 Å². The van der Waals surface area contributed by atoms with E-state index in [1.54, 1.807) is 6.07 Å². The summed E-state index contributed by atoms with van der Waals surface area (Å²) in [4.78, 5) is 2.08. The van der Waals surface area contributed by atoms with Crippen molar-refractivity contribution in [2.24, 2.45) is 5.92 Å². The molecule has 0 radical (unpaired) electrons. The Bertz CT molecular complexity index is 438. The van der Waals surface area contributed by atoms with Gasteiger partial charge < -0.3 is 15.3 Å². The van der Waals surface area contributed by atoms with Crippen LogP contribution in [0.1, 0.15) is 32.3 Å². The third kappa shape index (κ3) is 3.49. The Morgan fingerprint density at radius 3 is 2.95 bits per heavy atom. The Hall–Kier alpha value is -1.13. The fourth-order valence-corrected chi connectivity index (χ4v) is 2.79. The van der Waals surface area contributed by atoms with Crippen molar-refractivity contribution in [3.63, 3.8) is 0 Å². The summed E-state index contributed by atoms with van der Waals surface area (Å²) < 4.78 is 14.2. The van der Waals surface area contributed by atoms with Crippen LogP contribution in [-0.2, 0) is 6.54 Å². The van der Waals surface area contributed by atoms with Crippen molar-refractivity contribution in [1.82, 2.24) is 5.32 Å². The molecule has 20 heavy (non-hydrogen) atoms. The summed E-state index contributed by atoms with van der Waals surface area (Å²) in [6.07, 6.45) is 1.51. The lowest BCUT2D eigenvalue weighted by Gasteiger charge is -2.37. The van der Waals surface area contributed by atoms with Crippen LogP contribution in [0, 0.1) is 11.7 Å². The van der Waals surface area contributed by atoms with Gasteiger partial charge in [0, 0.05) is 19.6 Å². The van der Waals surface area contributed by atoms with Crippen LogP contribution >= 0.6 is 0 Å². The molecule has 2 N–H and O–H groups in total. The predicted octanol–water partition coefficient (Wildman–Crippen LogP) is 2.53. The molecule has 1 aromatic carbocycles. The monoisotopic (exact) mass is 280 g/mol. The first-order chi connectivity index (χ1) is 9.63. The molecule has 2 unspecified atom stereocenters. The minimum atomic E-state index is -0.264. The average Bonchev–Trinajstić information content (AvgIpc) is 2.43. The molecule has 1 heterocycles. The van der Waals surface area contributed by atoms with Crippen LogP contribution in [0.3, 0.4) is 0 Å². The fraction of sp³-hybridized carbons (Fsp3) is 0.625. The molecule has 2 rings (SSSR count). The van der Waals surface area contributed by atoms with Gasteiger partial charge in [0.15, 0.2) is 0 Å². The molecule has 0 spiro atoms. The van der Waals surface area contributed by atoms with Gasteiger partial charge in [-0.25, -0.2) is 4.39 Å². The number of hydrogen-bond donors (Lipinski definition) is 2. The minimum absolute atomic E-state index is 0.163. The molecule has 1 aliphatic heterocycles. The highest BCUT2D eigenvalue weighted by atomic mass is 19.1. The Morgan fingerprint density at radius 2 is 2.25 bits per heavy atom. The van der Waals surface area contributed by atoms with E-state index in [0.29, 0.717) is 31.7 Å². The molecule has 0 saturated carbocycles. The van der Waals surface area contributed by atoms with Gasteiger partial charge in [0.25, 0.3) is 0 Å². The molecule has 2 atom stereocenters. The van der Waals surface area contributed by atoms with Crippen LogP contribution in [-0.4, -0.2) is 30.8 Å². The van der Waals surface area contributed by atoms with Crippen molar-refractivity contribution in [1.29, 1.82) is 0 Å². The van der Waals surface area contributed by atoms with E-state index in [9.17, 15) is 9.50 Å². The predicted molar refractivity (Wildman–Crippen MR) is 80.4 cm³/mol. The van der Waals surface area contributed by atoms with Gasteiger partial charge in [0.2, 0.25) is 0 Å². The molecule has 0 aliphatic carbocycles. The lowest BCUT2D eigenvalue weighted by atomic mass is 9.95. The van der Waals surface area contributed by atoms with Crippen molar-refractivity contribution in [2.45, 2.75) is 39.3 Å². The maximum Gasteiger partial charge on any atom is 0.146 e. The van der Waals surface area contributed by atoms with Crippen molar-refractivity contribution in [3.8, 4) is 0 Å². The molecule has 0 amide bonds. The average molecular weight is 280 g/mol. The number of anilines is 1. The van der Waals surface area contributed by atoms with E-state index in [4.69, 9.17) is 0 Å². The van der Waals surface area contributed by atoms with Gasteiger partial charge in [-0.05, 0) is 36.9 Å². The smallest absolute Gasteiger partial charge is 0.146 e. The summed E-state index contributed by atoms with van der Waals surface area (Å²) in [5.41, 5.74) is 1.71. The zero-order valence-electron chi connectivity index (χ0n) is 12.4. The van der Waals surface area contributed by atoms with Crippen molar-refractivity contribution < 1.29 is 9.50 Å². The second-order valence-electron chi connectivity index (χ2n) is 5.70.